The highest BCUT2D eigenvalue weighted by Gasteiger charge is 2.17. The van der Waals surface area contributed by atoms with Crippen LogP contribution in [0.1, 0.15) is 41.3 Å². The van der Waals surface area contributed by atoms with E-state index in [-0.39, 0.29) is 16.7 Å². The number of aryl methyl sites for hydroxylation is 1. The third kappa shape index (κ3) is 4.64. The molecule has 0 aliphatic rings. The molecule has 0 fully saturated rings. The van der Waals surface area contributed by atoms with Crippen LogP contribution in [0.2, 0.25) is 0 Å². The molecule has 2 aromatic carbocycles. The quantitative estimate of drug-likeness (QED) is 0.573. The topological polar surface area (TPSA) is 62.9 Å². The Bertz CT molecular complexity index is 1280. The van der Waals surface area contributed by atoms with Crippen molar-refractivity contribution in [1.29, 1.82) is 5.26 Å². The molecule has 3 aromatic rings. The Hall–Kier alpha value is -3.30. The molecule has 0 aliphatic heterocycles. The number of nitrogens with zero attached hydrogens (tertiary/aromatic N) is 2. The standard InChI is InChI=1S/C24H21FN2O2S/c1-3-4-13-27-23(29)21(14-17-7-5-16(2)6-8-17)30-24(27)20(15-26)22(28)18-9-11-19(25)12-10-18/h5-12,14H,3-4,13H2,1-2H3/b21-14+,24-20-. The van der Waals surface area contributed by atoms with Crippen molar-refractivity contribution >= 4 is 28.8 Å². The second kappa shape index (κ2) is 9.47. The minimum atomic E-state index is -0.522. The highest BCUT2D eigenvalue weighted by Crippen LogP contribution is 2.10. The third-order valence-electron chi connectivity index (χ3n) is 4.68. The molecule has 0 N–H and O–H groups in total. The zero-order chi connectivity index (χ0) is 21.7. The van der Waals surface area contributed by atoms with Gasteiger partial charge in [-0.15, -0.1) is 11.3 Å². The van der Waals surface area contributed by atoms with Crippen molar-refractivity contribution in [2.45, 2.75) is 33.2 Å². The second-order valence-electron chi connectivity index (χ2n) is 6.96. The fraction of sp³-hybridized carbons (Fsp3) is 0.208. The van der Waals surface area contributed by atoms with Gasteiger partial charge in [-0.25, -0.2) is 4.39 Å². The van der Waals surface area contributed by atoms with Crippen molar-refractivity contribution in [3.05, 3.63) is 90.6 Å². The van der Waals surface area contributed by atoms with Gasteiger partial charge in [-0.1, -0.05) is 43.2 Å². The smallest absolute Gasteiger partial charge is 0.269 e. The molecule has 6 heteroatoms. The van der Waals surface area contributed by atoms with Crippen molar-refractivity contribution in [3.63, 3.8) is 0 Å². The van der Waals surface area contributed by atoms with E-state index in [4.69, 9.17) is 0 Å². The van der Waals surface area contributed by atoms with Gasteiger partial charge in [0.2, 0.25) is 5.78 Å². The number of rotatable bonds is 6. The zero-order valence-corrected chi connectivity index (χ0v) is 17.6. The van der Waals surface area contributed by atoms with Gasteiger partial charge in [-0.3, -0.25) is 14.2 Å². The van der Waals surface area contributed by atoms with Crippen molar-refractivity contribution in [3.8, 4) is 6.07 Å². The van der Waals surface area contributed by atoms with Crippen LogP contribution in [-0.4, -0.2) is 10.4 Å². The van der Waals surface area contributed by atoms with Crippen LogP contribution in [-0.2, 0) is 6.54 Å². The van der Waals surface area contributed by atoms with Gasteiger partial charge < -0.3 is 0 Å². The molecule has 1 heterocycles. The number of carbonyl (C=O) groups excluding carboxylic acids is 1. The predicted octanol–water partition coefficient (Wildman–Crippen LogP) is 3.54. The van der Waals surface area contributed by atoms with E-state index < -0.39 is 11.6 Å². The summed E-state index contributed by atoms with van der Waals surface area (Å²) >= 11 is 1.13. The summed E-state index contributed by atoms with van der Waals surface area (Å²) in [4.78, 5) is 26.0. The lowest BCUT2D eigenvalue weighted by Crippen LogP contribution is -2.33. The van der Waals surface area contributed by atoms with Crippen LogP contribution >= 0.6 is 11.3 Å². The number of hydrogen-bond donors (Lipinski definition) is 0. The molecule has 0 saturated heterocycles. The molecule has 0 atom stereocenters. The summed E-state index contributed by atoms with van der Waals surface area (Å²) in [6.07, 6.45) is 3.39. The normalized spacial score (nSPS) is 12.5. The predicted molar refractivity (Wildman–Crippen MR) is 117 cm³/mol. The number of carbonyl (C=O) groups is 1. The van der Waals surface area contributed by atoms with Crippen molar-refractivity contribution in [2.75, 3.05) is 0 Å². The van der Waals surface area contributed by atoms with E-state index in [0.717, 1.165) is 35.3 Å². The number of aromatic nitrogens is 1. The van der Waals surface area contributed by atoms with Crippen LogP contribution < -0.4 is 14.8 Å². The van der Waals surface area contributed by atoms with Crippen molar-refractivity contribution < 1.29 is 9.18 Å². The van der Waals surface area contributed by atoms with Gasteiger partial charge in [0.15, 0.2) is 0 Å². The monoisotopic (exact) mass is 420 g/mol. The lowest BCUT2D eigenvalue weighted by molar-refractivity contribution is 0.105. The van der Waals surface area contributed by atoms with Gasteiger partial charge in [0.1, 0.15) is 22.1 Å². The van der Waals surface area contributed by atoms with E-state index >= 15 is 0 Å². The summed E-state index contributed by atoms with van der Waals surface area (Å²) in [5.74, 6) is -0.984. The van der Waals surface area contributed by atoms with Gasteiger partial charge in [0, 0.05) is 12.1 Å². The minimum absolute atomic E-state index is 0.108. The molecule has 0 amide bonds. The van der Waals surface area contributed by atoms with Gasteiger partial charge >= 0.3 is 0 Å². The fourth-order valence-corrected chi connectivity index (χ4v) is 4.11. The average molecular weight is 421 g/mol. The number of hydrogen-bond acceptors (Lipinski definition) is 4. The van der Waals surface area contributed by atoms with Gasteiger partial charge in [0.05, 0.1) is 4.53 Å². The van der Waals surface area contributed by atoms with E-state index in [2.05, 4.69) is 0 Å². The zero-order valence-electron chi connectivity index (χ0n) is 16.8. The summed E-state index contributed by atoms with van der Waals surface area (Å²) in [6.45, 7) is 4.42. The number of benzene rings is 2. The molecule has 0 bridgehead atoms. The molecule has 1 aromatic heterocycles. The molecule has 152 valence electrons. The first-order chi connectivity index (χ1) is 14.4. The van der Waals surface area contributed by atoms with Crippen molar-refractivity contribution in [1.82, 2.24) is 4.57 Å². The van der Waals surface area contributed by atoms with Crippen LogP contribution in [0.25, 0.3) is 11.6 Å². The van der Waals surface area contributed by atoms with Gasteiger partial charge in [0.25, 0.3) is 5.56 Å². The van der Waals surface area contributed by atoms with E-state index in [9.17, 15) is 19.2 Å². The Morgan fingerprint density at radius 3 is 2.43 bits per heavy atom. The summed E-state index contributed by atoms with van der Waals surface area (Å²) in [7, 11) is 0. The first-order valence-corrected chi connectivity index (χ1v) is 10.5. The van der Waals surface area contributed by atoms with Gasteiger partial charge in [-0.2, -0.15) is 5.26 Å². The van der Waals surface area contributed by atoms with Crippen LogP contribution in [0.15, 0.2) is 53.3 Å². The van der Waals surface area contributed by atoms with Crippen LogP contribution in [0.3, 0.4) is 0 Å². The first kappa shape index (κ1) is 21.4. The summed E-state index contributed by atoms with van der Waals surface area (Å²) in [5, 5.41) is 9.74. The van der Waals surface area contributed by atoms with E-state index in [1.807, 2.05) is 44.2 Å². The summed E-state index contributed by atoms with van der Waals surface area (Å²) < 4.78 is 15.5. The number of halogens is 1. The molecule has 0 unspecified atom stereocenters. The van der Waals surface area contributed by atoms with E-state index in [1.165, 1.54) is 28.8 Å². The Morgan fingerprint density at radius 1 is 1.17 bits per heavy atom. The van der Waals surface area contributed by atoms with Crippen molar-refractivity contribution in [2.24, 2.45) is 0 Å². The molecule has 0 spiro atoms. The Morgan fingerprint density at radius 2 is 1.83 bits per heavy atom. The van der Waals surface area contributed by atoms with E-state index in [1.54, 1.807) is 6.08 Å². The Balaban J connectivity index is 2.24. The molecule has 30 heavy (non-hydrogen) atoms. The molecule has 0 saturated carbocycles. The summed E-state index contributed by atoms with van der Waals surface area (Å²) in [5.41, 5.74) is 1.87. The third-order valence-corrected chi connectivity index (χ3v) is 5.81. The van der Waals surface area contributed by atoms with Crippen LogP contribution in [0, 0.1) is 24.1 Å². The minimum Gasteiger partial charge on any atom is -0.298 e. The number of nitriles is 1. The molecule has 3 rings (SSSR count). The maximum atomic E-state index is 13.2. The fourth-order valence-electron chi connectivity index (χ4n) is 2.98. The average Bonchev–Trinajstić information content (AvgIpc) is 3.04. The maximum absolute atomic E-state index is 13.2. The largest absolute Gasteiger partial charge is 0.298 e. The van der Waals surface area contributed by atoms with Crippen LogP contribution in [0.5, 0.6) is 0 Å². The number of unbranched alkanes of at least 4 members (excludes halogenated alkanes) is 1. The lowest BCUT2D eigenvalue weighted by Gasteiger charge is -2.03. The molecule has 0 radical (unpaired) electrons. The number of ketones is 1. The number of Topliss-reactive ketones (excluding diaryl/α,β-unsaturated/α-hetero) is 1. The molecular weight excluding hydrogens is 399 g/mol. The number of thiazole rings is 1. The highest BCUT2D eigenvalue weighted by molar-refractivity contribution is 7.07. The molecular formula is C24H21FN2O2S. The SMILES string of the molecule is CCCCn1c(=O)/c(=C\c2ccc(C)cc2)s/c1=C(/C#N)C(=O)c1ccc(F)cc1. The maximum Gasteiger partial charge on any atom is 0.269 e. The molecule has 0 aliphatic carbocycles. The first-order valence-electron chi connectivity index (χ1n) is 9.67. The Kier molecular flexibility index (Phi) is 6.76. The summed E-state index contributed by atoms with van der Waals surface area (Å²) in [6, 6.07) is 14.8. The second-order valence-corrected chi connectivity index (χ2v) is 7.99. The van der Waals surface area contributed by atoms with E-state index in [0.29, 0.717) is 15.7 Å². The Labute approximate surface area is 177 Å². The lowest BCUT2D eigenvalue weighted by atomic mass is 10.1. The van der Waals surface area contributed by atoms with Crippen LogP contribution in [0.4, 0.5) is 4.39 Å². The van der Waals surface area contributed by atoms with Gasteiger partial charge in [-0.05, 0) is 49.2 Å². The molecule has 4 nitrogen and oxygen atoms in total. The highest BCUT2D eigenvalue weighted by atomic mass is 32.1.